The van der Waals surface area contributed by atoms with Gasteiger partial charge in [0.1, 0.15) is 5.82 Å². The van der Waals surface area contributed by atoms with E-state index in [0.717, 1.165) is 30.0 Å². The lowest BCUT2D eigenvalue weighted by atomic mass is 10.2. The Labute approximate surface area is 97.1 Å². The minimum absolute atomic E-state index is 0.284. The van der Waals surface area contributed by atoms with Gasteiger partial charge < -0.3 is 15.7 Å². The summed E-state index contributed by atoms with van der Waals surface area (Å²) >= 11 is 0. The summed E-state index contributed by atoms with van der Waals surface area (Å²) in [4.78, 5) is 6.53. The first-order valence-corrected chi connectivity index (χ1v) is 5.60. The second-order valence-corrected chi connectivity index (χ2v) is 4.20. The molecule has 0 aliphatic rings. The average Bonchev–Trinajstić information content (AvgIpc) is 2.25. The second kappa shape index (κ2) is 5.82. The van der Waals surface area contributed by atoms with E-state index in [0.29, 0.717) is 6.54 Å². The van der Waals surface area contributed by atoms with Crippen LogP contribution in [-0.2, 0) is 6.54 Å². The van der Waals surface area contributed by atoms with E-state index in [9.17, 15) is 5.11 Å². The van der Waals surface area contributed by atoms with Gasteiger partial charge in [-0.1, -0.05) is 6.07 Å². The van der Waals surface area contributed by atoms with Gasteiger partial charge in [-0.05, 0) is 26.3 Å². The van der Waals surface area contributed by atoms with Crippen LogP contribution in [0.3, 0.4) is 0 Å². The maximum Gasteiger partial charge on any atom is 0.133 e. The van der Waals surface area contributed by atoms with Crippen molar-refractivity contribution in [1.82, 2.24) is 4.98 Å². The summed E-state index contributed by atoms with van der Waals surface area (Å²) in [5, 5.41) is 9.26. The molecule has 0 aliphatic heterocycles. The number of nitrogens with two attached hydrogens (primary N) is 1. The van der Waals surface area contributed by atoms with E-state index in [1.165, 1.54) is 0 Å². The zero-order valence-corrected chi connectivity index (χ0v) is 10.3. The highest BCUT2D eigenvalue weighted by Crippen LogP contribution is 2.17. The van der Waals surface area contributed by atoms with E-state index < -0.39 is 0 Å². The fourth-order valence-electron chi connectivity index (χ4n) is 1.55. The zero-order chi connectivity index (χ0) is 12.1. The highest BCUT2D eigenvalue weighted by molar-refractivity contribution is 5.47. The standard InChI is InChI=1S/C12H21N3O/c1-9-4-5-11(8-13)12(14-9)15(3)7-6-10(2)16/h4-5,10,16H,6-8,13H2,1-3H3. The molecule has 0 amide bonds. The van der Waals surface area contributed by atoms with Gasteiger partial charge in [-0.25, -0.2) is 4.98 Å². The maximum atomic E-state index is 9.26. The first-order chi connectivity index (χ1) is 7.54. The van der Waals surface area contributed by atoms with Crippen LogP contribution in [0.4, 0.5) is 5.82 Å². The van der Waals surface area contributed by atoms with Gasteiger partial charge in [-0.15, -0.1) is 0 Å². The summed E-state index contributed by atoms with van der Waals surface area (Å²) in [7, 11) is 1.98. The molecule has 1 atom stereocenters. The van der Waals surface area contributed by atoms with Crippen LogP contribution in [0.15, 0.2) is 12.1 Å². The molecule has 4 nitrogen and oxygen atoms in total. The third kappa shape index (κ3) is 3.47. The number of hydrogen-bond acceptors (Lipinski definition) is 4. The summed E-state index contributed by atoms with van der Waals surface area (Å²) in [5.74, 6) is 0.920. The van der Waals surface area contributed by atoms with Crippen LogP contribution >= 0.6 is 0 Å². The second-order valence-electron chi connectivity index (χ2n) is 4.20. The molecule has 0 spiro atoms. The van der Waals surface area contributed by atoms with Gasteiger partial charge >= 0.3 is 0 Å². The summed E-state index contributed by atoms with van der Waals surface area (Å²) in [6.07, 6.45) is 0.449. The molecule has 1 aromatic rings. The van der Waals surface area contributed by atoms with Crippen LogP contribution < -0.4 is 10.6 Å². The van der Waals surface area contributed by atoms with Crippen LogP contribution in [0.5, 0.6) is 0 Å². The lowest BCUT2D eigenvalue weighted by Gasteiger charge is -2.21. The van der Waals surface area contributed by atoms with Crippen LogP contribution in [-0.4, -0.2) is 29.8 Å². The van der Waals surface area contributed by atoms with Crippen molar-refractivity contribution < 1.29 is 5.11 Å². The summed E-state index contributed by atoms with van der Waals surface area (Å²) in [6, 6.07) is 3.98. The summed E-state index contributed by atoms with van der Waals surface area (Å²) < 4.78 is 0. The van der Waals surface area contributed by atoms with Crippen molar-refractivity contribution in [1.29, 1.82) is 0 Å². The number of anilines is 1. The SMILES string of the molecule is Cc1ccc(CN)c(N(C)CCC(C)O)n1. The van der Waals surface area contributed by atoms with Gasteiger partial charge in [-0.3, -0.25) is 0 Å². The number of nitrogens with zero attached hydrogens (tertiary/aromatic N) is 2. The van der Waals surface area contributed by atoms with Crippen molar-refractivity contribution in [3.05, 3.63) is 23.4 Å². The predicted octanol–water partition coefficient (Wildman–Crippen LogP) is 1.06. The minimum atomic E-state index is -0.284. The number of rotatable bonds is 5. The fourth-order valence-corrected chi connectivity index (χ4v) is 1.55. The van der Waals surface area contributed by atoms with Gasteiger partial charge in [-0.2, -0.15) is 0 Å². The molecular formula is C12H21N3O. The van der Waals surface area contributed by atoms with Gasteiger partial charge in [0.15, 0.2) is 0 Å². The van der Waals surface area contributed by atoms with Gasteiger partial charge in [0.05, 0.1) is 6.10 Å². The largest absolute Gasteiger partial charge is 0.393 e. The quantitative estimate of drug-likeness (QED) is 0.783. The van der Waals surface area contributed by atoms with Crippen molar-refractivity contribution in [2.24, 2.45) is 5.73 Å². The number of pyridine rings is 1. The highest BCUT2D eigenvalue weighted by Gasteiger charge is 2.09. The minimum Gasteiger partial charge on any atom is -0.393 e. The van der Waals surface area contributed by atoms with Crippen LogP contribution in [0.1, 0.15) is 24.6 Å². The number of aromatic nitrogens is 1. The maximum absolute atomic E-state index is 9.26. The van der Waals surface area contributed by atoms with Gasteiger partial charge in [0.2, 0.25) is 0 Å². The molecule has 0 aromatic carbocycles. The van der Waals surface area contributed by atoms with E-state index >= 15 is 0 Å². The van der Waals surface area contributed by atoms with Crippen molar-refractivity contribution in [3.8, 4) is 0 Å². The van der Waals surface area contributed by atoms with Crippen molar-refractivity contribution in [3.63, 3.8) is 0 Å². The van der Waals surface area contributed by atoms with E-state index in [1.54, 1.807) is 6.92 Å². The Morgan fingerprint density at radius 1 is 1.50 bits per heavy atom. The summed E-state index contributed by atoms with van der Waals surface area (Å²) in [6.45, 7) is 5.02. The normalized spacial score (nSPS) is 12.6. The molecule has 4 heteroatoms. The molecular weight excluding hydrogens is 202 g/mol. The molecule has 1 unspecified atom stereocenters. The Balaban J connectivity index is 2.80. The van der Waals surface area contributed by atoms with E-state index in [2.05, 4.69) is 4.98 Å². The first kappa shape index (κ1) is 12.9. The van der Waals surface area contributed by atoms with Crippen molar-refractivity contribution in [2.75, 3.05) is 18.5 Å². The van der Waals surface area contributed by atoms with Crippen molar-refractivity contribution in [2.45, 2.75) is 32.9 Å². The molecule has 0 aliphatic carbocycles. The number of aliphatic hydroxyl groups excluding tert-OH is 1. The predicted molar refractivity (Wildman–Crippen MR) is 66.4 cm³/mol. The number of hydrogen-bond donors (Lipinski definition) is 2. The Bertz CT molecular complexity index is 339. The highest BCUT2D eigenvalue weighted by atomic mass is 16.3. The molecule has 1 aromatic heterocycles. The zero-order valence-electron chi connectivity index (χ0n) is 10.3. The monoisotopic (exact) mass is 223 g/mol. The molecule has 3 N–H and O–H groups in total. The topological polar surface area (TPSA) is 62.4 Å². The van der Waals surface area contributed by atoms with Crippen LogP contribution in [0.2, 0.25) is 0 Å². The van der Waals surface area contributed by atoms with Crippen LogP contribution in [0.25, 0.3) is 0 Å². The molecule has 0 radical (unpaired) electrons. The summed E-state index contributed by atoms with van der Waals surface area (Å²) in [5.41, 5.74) is 7.70. The molecule has 1 heterocycles. The molecule has 0 saturated heterocycles. The molecule has 90 valence electrons. The molecule has 0 saturated carbocycles. The first-order valence-electron chi connectivity index (χ1n) is 5.60. The van der Waals surface area contributed by atoms with Gasteiger partial charge in [0, 0.05) is 31.4 Å². The molecule has 0 fully saturated rings. The Morgan fingerprint density at radius 2 is 2.19 bits per heavy atom. The van der Waals surface area contributed by atoms with Crippen LogP contribution in [0, 0.1) is 6.92 Å². The van der Waals surface area contributed by atoms with E-state index in [4.69, 9.17) is 5.73 Å². The Hall–Kier alpha value is -1.13. The Morgan fingerprint density at radius 3 is 2.75 bits per heavy atom. The van der Waals surface area contributed by atoms with Crippen molar-refractivity contribution >= 4 is 5.82 Å². The fraction of sp³-hybridized carbons (Fsp3) is 0.583. The third-order valence-electron chi connectivity index (χ3n) is 2.56. The third-order valence-corrected chi connectivity index (χ3v) is 2.56. The number of aliphatic hydroxyl groups is 1. The van der Waals surface area contributed by atoms with E-state index in [-0.39, 0.29) is 6.10 Å². The molecule has 1 rings (SSSR count). The lowest BCUT2D eigenvalue weighted by molar-refractivity contribution is 0.187. The Kier molecular flexibility index (Phi) is 4.71. The average molecular weight is 223 g/mol. The van der Waals surface area contributed by atoms with Gasteiger partial charge in [0.25, 0.3) is 0 Å². The van der Waals surface area contributed by atoms with E-state index in [1.807, 2.05) is 31.0 Å². The smallest absolute Gasteiger partial charge is 0.133 e. The molecule has 0 bridgehead atoms. The lowest BCUT2D eigenvalue weighted by Crippen LogP contribution is -2.24. The molecule has 16 heavy (non-hydrogen) atoms. The number of aryl methyl sites for hydroxylation is 1.